The molecule has 0 saturated carbocycles. The fraction of sp³-hybridized carbons (Fsp3) is 0.226. The van der Waals surface area contributed by atoms with Crippen LogP contribution in [0.3, 0.4) is 0 Å². The Hall–Kier alpha value is -2.20. The monoisotopic (exact) mass is 590 g/mol. The molecule has 6 heteroatoms. The first-order chi connectivity index (χ1) is 17.6. The SMILES string of the molecule is CC(=Nc1c(C)cc(C)cc1C)c1ccc(C(=Nc2c(C)cc(C)cc2C)c2ccccc2)s1.[Cl][Fe][Cl]. The van der Waals surface area contributed by atoms with E-state index in [2.05, 4.69) is 109 Å². The van der Waals surface area contributed by atoms with Crippen LogP contribution in [0.25, 0.3) is 0 Å². The van der Waals surface area contributed by atoms with E-state index in [0.29, 0.717) is 0 Å². The van der Waals surface area contributed by atoms with E-state index < -0.39 is 0 Å². The quantitative estimate of drug-likeness (QED) is 0.163. The van der Waals surface area contributed by atoms with Crippen LogP contribution >= 0.6 is 31.5 Å². The summed E-state index contributed by atoms with van der Waals surface area (Å²) >= 11 is 1.95. The van der Waals surface area contributed by atoms with Crippen LogP contribution in [0.4, 0.5) is 11.4 Å². The number of nitrogens with zero attached hydrogens (tertiary/aromatic N) is 2. The maximum absolute atomic E-state index is 5.22. The Bertz CT molecular complexity index is 1390. The molecule has 4 aromatic rings. The van der Waals surface area contributed by atoms with Gasteiger partial charge in [-0.05, 0) is 82.9 Å². The zero-order valence-electron chi connectivity index (χ0n) is 22.3. The Labute approximate surface area is 240 Å². The minimum atomic E-state index is 0.194. The first-order valence-electron chi connectivity index (χ1n) is 12.0. The Kier molecular flexibility index (Phi) is 10.8. The van der Waals surface area contributed by atoms with Crippen molar-refractivity contribution in [3.63, 3.8) is 0 Å². The molecule has 0 atom stereocenters. The van der Waals surface area contributed by atoms with E-state index in [1.807, 2.05) is 6.07 Å². The third-order valence-electron chi connectivity index (χ3n) is 6.02. The summed E-state index contributed by atoms with van der Waals surface area (Å²) in [7, 11) is 9.53. The molecule has 3 aromatic carbocycles. The van der Waals surface area contributed by atoms with E-state index in [1.165, 1.54) is 33.4 Å². The second-order valence-electron chi connectivity index (χ2n) is 9.23. The van der Waals surface area contributed by atoms with Crippen LogP contribution in [0.15, 0.2) is 76.7 Å². The second kappa shape index (κ2) is 13.6. The van der Waals surface area contributed by atoms with Gasteiger partial charge in [-0.15, -0.1) is 11.3 Å². The molecule has 1 heterocycles. The Morgan fingerprint density at radius 1 is 0.649 bits per heavy atom. The van der Waals surface area contributed by atoms with Crippen molar-refractivity contribution in [2.24, 2.45) is 9.98 Å². The molecule has 2 nitrogen and oxygen atoms in total. The van der Waals surface area contributed by atoms with E-state index in [1.54, 1.807) is 11.3 Å². The van der Waals surface area contributed by atoms with Crippen molar-refractivity contribution in [3.05, 3.63) is 115 Å². The number of halogens is 2. The van der Waals surface area contributed by atoms with Gasteiger partial charge in [-0.25, -0.2) is 4.99 Å². The molecule has 0 aliphatic rings. The number of aliphatic imine (C=N–C) groups is 2. The van der Waals surface area contributed by atoms with Crippen molar-refractivity contribution < 1.29 is 13.1 Å². The van der Waals surface area contributed by atoms with Crippen LogP contribution in [-0.2, 0) is 13.1 Å². The molecule has 4 rings (SSSR count). The average Bonchev–Trinajstić information content (AvgIpc) is 3.32. The number of hydrogen-bond donors (Lipinski definition) is 0. The van der Waals surface area contributed by atoms with Crippen molar-refractivity contribution in [2.45, 2.75) is 48.5 Å². The van der Waals surface area contributed by atoms with Gasteiger partial charge in [-0.1, -0.05) is 65.7 Å². The van der Waals surface area contributed by atoms with Crippen LogP contribution in [-0.4, -0.2) is 11.4 Å². The number of thiophene rings is 1. The number of rotatable bonds is 5. The van der Waals surface area contributed by atoms with Gasteiger partial charge in [0.05, 0.1) is 27.7 Å². The zero-order chi connectivity index (χ0) is 27.1. The van der Waals surface area contributed by atoms with Gasteiger partial charge in [0.1, 0.15) is 0 Å². The molecule has 0 amide bonds. The van der Waals surface area contributed by atoms with Gasteiger partial charge in [-0.3, -0.25) is 4.99 Å². The molecule has 194 valence electrons. The molecular weight excluding hydrogens is 559 g/mol. The summed E-state index contributed by atoms with van der Waals surface area (Å²) in [6.07, 6.45) is 0. The average molecular weight is 591 g/mol. The third kappa shape index (κ3) is 7.66. The molecule has 0 unspecified atom stereocenters. The molecule has 0 aliphatic carbocycles. The van der Waals surface area contributed by atoms with Gasteiger partial charge < -0.3 is 0 Å². The van der Waals surface area contributed by atoms with Gasteiger partial charge in [0.15, 0.2) is 0 Å². The summed E-state index contributed by atoms with van der Waals surface area (Å²) in [5.74, 6) is 0. The topological polar surface area (TPSA) is 24.7 Å². The summed E-state index contributed by atoms with van der Waals surface area (Å²) in [6.45, 7) is 14.9. The van der Waals surface area contributed by atoms with E-state index in [-0.39, 0.29) is 13.1 Å². The number of hydrogen-bond acceptors (Lipinski definition) is 3. The molecule has 0 N–H and O–H groups in total. The Morgan fingerprint density at radius 3 is 1.57 bits per heavy atom. The van der Waals surface area contributed by atoms with Crippen molar-refractivity contribution in [3.8, 4) is 0 Å². The van der Waals surface area contributed by atoms with Crippen LogP contribution in [0, 0.1) is 41.5 Å². The van der Waals surface area contributed by atoms with Crippen molar-refractivity contribution in [2.75, 3.05) is 0 Å². The molecule has 0 radical (unpaired) electrons. The summed E-state index contributed by atoms with van der Waals surface area (Å²) in [4.78, 5) is 12.6. The Balaban J connectivity index is 0.00000121. The van der Waals surface area contributed by atoms with Gasteiger partial charge >= 0.3 is 33.3 Å². The van der Waals surface area contributed by atoms with Crippen molar-refractivity contribution >= 4 is 54.3 Å². The summed E-state index contributed by atoms with van der Waals surface area (Å²) in [5, 5.41) is 0. The van der Waals surface area contributed by atoms with E-state index in [4.69, 9.17) is 30.2 Å². The standard InChI is InChI=1S/C31H32N2S.2ClH.Fe/c1-19-15-21(3)29(22(4)16-19)32-25(7)27-13-14-28(34-27)31(26-11-9-8-10-12-26)33-30-23(5)17-20(2)18-24(30)6;;;/h8-18H,1-7H3;2*1H;/q;;;+2/p-2. The fourth-order valence-corrected chi connectivity index (χ4v) is 5.51. The van der Waals surface area contributed by atoms with E-state index in [9.17, 15) is 0 Å². The second-order valence-corrected chi connectivity index (χ2v) is 12.1. The molecule has 1 aromatic heterocycles. The predicted molar refractivity (Wildman–Crippen MR) is 161 cm³/mol. The molecular formula is C31H32Cl2FeN2S. The minimum absolute atomic E-state index is 0.194. The molecule has 0 saturated heterocycles. The predicted octanol–water partition coefficient (Wildman–Crippen LogP) is 10.3. The zero-order valence-corrected chi connectivity index (χ0v) is 25.7. The van der Waals surface area contributed by atoms with Crippen molar-refractivity contribution in [1.82, 2.24) is 0 Å². The molecule has 0 aliphatic heterocycles. The van der Waals surface area contributed by atoms with E-state index >= 15 is 0 Å². The van der Waals surface area contributed by atoms with Crippen LogP contribution in [0.1, 0.15) is 55.6 Å². The van der Waals surface area contributed by atoms with Gasteiger partial charge in [0.2, 0.25) is 0 Å². The fourth-order valence-electron chi connectivity index (χ4n) is 4.55. The van der Waals surface area contributed by atoms with Crippen LogP contribution in [0.2, 0.25) is 0 Å². The number of benzene rings is 3. The summed E-state index contributed by atoms with van der Waals surface area (Å²) in [6, 6.07) is 23.6. The molecule has 0 bridgehead atoms. The van der Waals surface area contributed by atoms with Gasteiger partial charge in [-0.2, -0.15) is 0 Å². The van der Waals surface area contributed by atoms with E-state index in [0.717, 1.165) is 38.1 Å². The molecule has 0 spiro atoms. The summed E-state index contributed by atoms with van der Waals surface area (Å²) in [5.41, 5.74) is 12.6. The first kappa shape index (κ1) is 29.4. The first-order valence-corrected chi connectivity index (χ1v) is 15.8. The molecule has 37 heavy (non-hydrogen) atoms. The summed E-state index contributed by atoms with van der Waals surface area (Å²) < 4.78 is 0. The van der Waals surface area contributed by atoms with Crippen LogP contribution < -0.4 is 0 Å². The van der Waals surface area contributed by atoms with Crippen molar-refractivity contribution in [1.29, 1.82) is 0 Å². The molecule has 0 fully saturated rings. The van der Waals surface area contributed by atoms with Gasteiger partial charge in [0, 0.05) is 10.4 Å². The van der Waals surface area contributed by atoms with Crippen LogP contribution in [0.5, 0.6) is 0 Å². The Morgan fingerprint density at radius 2 is 1.08 bits per heavy atom. The maximum atomic E-state index is 5.22. The normalized spacial score (nSPS) is 11.9. The third-order valence-corrected chi connectivity index (χ3v) is 7.22. The van der Waals surface area contributed by atoms with Gasteiger partial charge in [0.25, 0.3) is 0 Å². The number of aryl methyl sites for hydroxylation is 6.